The van der Waals surface area contributed by atoms with Gasteiger partial charge in [0.2, 0.25) is 11.1 Å². The van der Waals surface area contributed by atoms with Crippen LogP contribution in [0.3, 0.4) is 0 Å². The highest BCUT2D eigenvalue weighted by molar-refractivity contribution is 7.78. The van der Waals surface area contributed by atoms with Crippen molar-refractivity contribution in [1.82, 2.24) is 19.9 Å². The van der Waals surface area contributed by atoms with Gasteiger partial charge in [-0.3, -0.25) is 0 Å². The molecule has 3 heterocycles. The average molecular weight is 463 g/mol. The van der Waals surface area contributed by atoms with Crippen molar-refractivity contribution < 1.29 is 8.76 Å². The van der Waals surface area contributed by atoms with E-state index in [0.717, 1.165) is 46.6 Å². The molecule has 33 heavy (non-hydrogen) atoms. The summed E-state index contributed by atoms with van der Waals surface area (Å²) in [6.07, 6.45) is 5.70. The fourth-order valence-corrected chi connectivity index (χ4v) is 5.16. The third kappa shape index (κ3) is 4.42. The molecular weight excluding hydrogens is 434 g/mol. The van der Waals surface area contributed by atoms with Crippen LogP contribution in [0.5, 0.6) is 0 Å². The molecule has 2 aromatic heterocycles. The Morgan fingerprint density at radius 2 is 1.64 bits per heavy atom. The van der Waals surface area contributed by atoms with Crippen molar-refractivity contribution >= 4 is 22.4 Å². The number of fused-ring (bicyclic) bond motifs is 1. The van der Waals surface area contributed by atoms with Crippen LogP contribution in [0.2, 0.25) is 0 Å². The van der Waals surface area contributed by atoms with Gasteiger partial charge in [-0.1, -0.05) is 40.6 Å². The van der Waals surface area contributed by atoms with Crippen LogP contribution in [0.15, 0.2) is 67.1 Å². The predicted octanol–water partition coefficient (Wildman–Crippen LogP) is 3.92. The summed E-state index contributed by atoms with van der Waals surface area (Å²) >= 11 is -2.18. The Labute approximate surface area is 195 Å². The van der Waals surface area contributed by atoms with E-state index in [9.17, 15) is 4.21 Å². The van der Waals surface area contributed by atoms with Gasteiger partial charge in [-0.05, 0) is 37.1 Å². The zero-order valence-electron chi connectivity index (χ0n) is 18.7. The summed E-state index contributed by atoms with van der Waals surface area (Å²) in [4.78, 5) is 7.17. The monoisotopic (exact) mass is 462 g/mol. The van der Waals surface area contributed by atoms with Gasteiger partial charge in [0, 0.05) is 59.9 Å². The van der Waals surface area contributed by atoms with Crippen LogP contribution in [-0.4, -0.2) is 44.3 Å². The first-order valence-electron chi connectivity index (χ1n) is 11.2. The van der Waals surface area contributed by atoms with Gasteiger partial charge in [0.15, 0.2) is 11.4 Å². The van der Waals surface area contributed by atoms with Crippen LogP contribution in [0.4, 0.5) is 5.69 Å². The van der Waals surface area contributed by atoms with E-state index in [1.807, 2.05) is 42.9 Å². The van der Waals surface area contributed by atoms with Gasteiger partial charge in [0.1, 0.15) is 0 Å². The Bertz CT molecular complexity index is 1280. The molecule has 8 heteroatoms. The average Bonchev–Trinajstić information content (AvgIpc) is 3.23. The molecule has 4 aromatic rings. The van der Waals surface area contributed by atoms with Crippen molar-refractivity contribution in [3.8, 4) is 22.3 Å². The van der Waals surface area contributed by atoms with E-state index in [1.165, 1.54) is 5.69 Å². The van der Waals surface area contributed by atoms with Crippen LogP contribution < -0.4 is 10.2 Å². The van der Waals surface area contributed by atoms with Gasteiger partial charge in [-0.2, -0.15) is 9.65 Å². The fourth-order valence-electron chi connectivity index (χ4n) is 4.64. The van der Waals surface area contributed by atoms with Crippen LogP contribution in [0, 0.1) is 0 Å². The zero-order chi connectivity index (χ0) is 22.9. The van der Waals surface area contributed by atoms with Crippen molar-refractivity contribution in [2.24, 2.45) is 0 Å². The highest BCUT2D eigenvalue weighted by Gasteiger charge is 2.24. The van der Waals surface area contributed by atoms with Gasteiger partial charge in [-0.25, -0.2) is 9.50 Å². The number of nitrogens with one attached hydrogen (secondary N) is 1. The number of benzene rings is 2. The highest BCUT2D eigenvalue weighted by Crippen LogP contribution is 2.28. The summed E-state index contributed by atoms with van der Waals surface area (Å²) in [6, 6.07) is 17.2. The Morgan fingerprint density at radius 1 is 0.970 bits per heavy atom. The lowest BCUT2D eigenvalue weighted by molar-refractivity contribution is 0.432. The van der Waals surface area contributed by atoms with E-state index in [-0.39, 0.29) is 5.75 Å². The molecule has 0 spiro atoms. The minimum absolute atomic E-state index is 0.164. The molecule has 2 N–H and O–H groups in total. The van der Waals surface area contributed by atoms with Crippen LogP contribution in [0.25, 0.3) is 27.9 Å². The van der Waals surface area contributed by atoms with E-state index < -0.39 is 11.1 Å². The maximum atomic E-state index is 11.1. The first-order chi connectivity index (χ1) is 16.0. The van der Waals surface area contributed by atoms with Gasteiger partial charge in [0.25, 0.3) is 0 Å². The number of hydrogen-bond donors (Lipinski definition) is 2. The molecule has 7 nitrogen and oxygen atoms in total. The van der Waals surface area contributed by atoms with Gasteiger partial charge in [0.05, 0.1) is 6.20 Å². The normalized spacial score (nSPS) is 19.7. The lowest BCUT2D eigenvalue weighted by Crippen LogP contribution is -2.55. The number of nitrogens with zero attached hydrogens (tertiary/aromatic N) is 4. The number of aromatic nitrogens is 3. The molecule has 0 radical (unpaired) electrons. The van der Waals surface area contributed by atoms with Crippen molar-refractivity contribution in [3.63, 3.8) is 0 Å². The van der Waals surface area contributed by atoms with E-state index in [0.29, 0.717) is 12.1 Å². The quantitative estimate of drug-likeness (QED) is 0.346. The van der Waals surface area contributed by atoms with Crippen LogP contribution >= 0.6 is 0 Å². The lowest BCUT2D eigenvalue weighted by atomic mass is 10.0. The lowest BCUT2D eigenvalue weighted by Gasteiger charge is -2.41. The van der Waals surface area contributed by atoms with Crippen LogP contribution in [0.1, 0.15) is 19.4 Å². The second-order valence-corrected chi connectivity index (χ2v) is 9.71. The summed E-state index contributed by atoms with van der Waals surface area (Å²) in [5.74, 6) is 0.164. The molecule has 0 aliphatic carbocycles. The second-order valence-electron chi connectivity index (χ2n) is 8.69. The first-order valence-corrected chi connectivity index (χ1v) is 12.5. The minimum Gasteiger partial charge on any atom is -0.364 e. The van der Waals surface area contributed by atoms with E-state index in [2.05, 4.69) is 53.4 Å². The van der Waals surface area contributed by atoms with Crippen molar-refractivity contribution in [1.29, 1.82) is 0 Å². The molecule has 1 saturated heterocycles. The smallest absolute Gasteiger partial charge is 0.206 e. The number of rotatable bonds is 5. The maximum absolute atomic E-state index is 11.1. The number of piperazine rings is 1. The predicted molar refractivity (Wildman–Crippen MR) is 134 cm³/mol. The molecule has 0 bridgehead atoms. The van der Waals surface area contributed by atoms with E-state index >= 15 is 0 Å². The molecule has 1 unspecified atom stereocenters. The molecular formula is C25H28N5O2S+. The largest absolute Gasteiger partial charge is 0.364 e. The molecule has 0 saturated carbocycles. The molecule has 1 fully saturated rings. The summed E-state index contributed by atoms with van der Waals surface area (Å²) < 4.78 is 22.0. The van der Waals surface area contributed by atoms with E-state index in [4.69, 9.17) is 9.54 Å². The summed E-state index contributed by atoms with van der Waals surface area (Å²) in [5, 5.41) is 8.00. The minimum atomic E-state index is -2.18. The van der Waals surface area contributed by atoms with Gasteiger partial charge in [-0.15, -0.1) is 0 Å². The number of thiol groups is 1. The van der Waals surface area contributed by atoms with Crippen molar-refractivity contribution in [2.75, 3.05) is 18.0 Å². The van der Waals surface area contributed by atoms with E-state index in [1.54, 1.807) is 4.52 Å². The maximum Gasteiger partial charge on any atom is 0.206 e. The van der Waals surface area contributed by atoms with Crippen LogP contribution in [-0.2, 0) is 21.0 Å². The number of anilines is 1. The fraction of sp³-hybridized carbons (Fsp3) is 0.280. The van der Waals surface area contributed by atoms with Gasteiger partial charge < -0.3 is 10.2 Å². The first kappa shape index (κ1) is 21.8. The molecule has 1 aliphatic rings. The molecule has 170 valence electrons. The SMILES string of the molecule is C[C@@H]1CNC[C@H](C)N1c1ccc(-c2cnc3c(-c4ccc(C[SH+](=O)O)cc4)cnn3c2)cc1. The summed E-state index contributed by atoms with van der Waals surface area (Å²) in [5.41, 5.74) is 6.87. The molecule has 3 atom stereocenters. The molecule has 1 aliphatic heterocycles. The number of hydrogen-bond acceptors (Lipinski definition) is 5. The van der Waals surface area contributed by atoms with Crippen molar-refractivity contribution in [3.05, 3.63) is 72.7 Å². The third-order valence-corrected chi connectivity index (χ3v) is 6.90. The topological polar surface area (TPSA) is 82.8 Å². The molecule has 5 rings (SSSR count). The summed E-state index contributed by atoms with van der Waals surface area (Å²) in [7, 11) is 0. The Balaban J connectivity index is 1.40. The molecule has 0 amide bonds. The Hall–Kier alpha value is -3.07. The van der Waals surface area contributed by atoms with Crippen molar-refractivity contribution in [2.45, 2.75) is 31.7 Å². The zero-order valence-corrected chi connectivity index (χ0v) is 19.6. The van der Waals surface area contributed by atoms with Gasteiger partial charge >= 0.3 is 0 Å². The third-order valence-electron chi connectivity index (χ3n) is 6.27. The molecule has 2 aromatic carbocycles. The Morgan fingerprint density at radius 3 is 2.30 bits per heavy atom. The standard InChI is InChI=1S/C25H27N5O2S/c1-17-11-26-12-18(2)30(17)23-9-7-20(8-10-23)22-13-27-25-24(14-28-29(25)15-22)21-5-3-19(4-6-21)16-33(31)32/h3-10,13-15,17-18,26H,11-12,16H2,1-2H3,(H,31,32)/p+1/t17-,18+. The highest BCUT2D eigenvalue weighted by atomic mass is 32.2. The Kier molecular flexibility index (Phi) is 5.97. The summed E-state index contributed by atoms with van der Waals surface area (Å²) in [6.45, 7) is 6.51. The second kappa shape index (κ2) is 9.05.